The van der Waals surface area contributed by atoms with Crippen LogP contribution in [-0.2, 0) is 17.5 Å². The van der Waals surface area contributed by atoms with Gasteiger partial charge in [-0.05, 0) is 6.07 Å². The first-order valence-electron chi connectivity index (χ1n) is 5.39. The Morgan fingerprint density at radius 1 is 1.50 bits per heavy atom. The average molecular weight is 263 g/mol. The molecule has 1 aliphatic heterocycles. The molecule has 1 N–H and O–H groups in total. The van der Waals surface area contributed by atoms with Crippen LogP contribution in [0.5, 0.6) is 0 Å². The number of rotatable bonds is 3. The number of carbonyl (C=O) groups excluding carboxylic acids is 1. The van der Waals surface area contributed by atoms with E-state index in [0.717, 1.165) is 16.9 Å². The number of alkyl halides is 3. The minimum atomic E-state index is -4.49. The van der Waals surface area contributed by atoms with E-state index in [2.05, 4.69) is 5.10 Å². The number of hydrogen-bond acceptors (Lipinski definition) is 3. The quantitative estimate of drug-likeness (QED) is 0.856. The summed E-state index contributed by atoms with van der Waals surface area (Å²) in [5.74, 6) is -0.214. The molecule has 0 radical (unpaired) electrons. The minimum absolute atomic E-state index is 0.0176. The topological polar surface area (TPSA) is 58.4 Å². The van der Waals surface area contributed by atoms with E-state index in [0.29, 0.717) is 13.1 Å². The van der Waals surface area contributed by atoms with E-state index < -0.39 is 11.9 Å². The number of hydrogen-bond donors (Lipinski definition) is 1. The van der Waals surface area contributed by atoms with Gasteiger partial charge >= 0.3 is 6.18 Å². The third-order valence-electron chi connectivity index (χ3n) is 2.80. The summed E-state index contributed by atoms with van der Waals surface area (Å²) in [6.07, 6.45) is -3.36. The smallest absolute Gasteiger partial charge is 0.396 e. The predicted octanol–water partition coefficient (Wildman–Crippen LogP) is 0.353. The molecule has 5 nitrogen and oxygen atoms in total. The lowest BCUT2D eigenvalue weighted by Gasteiger charge is -2.38. The molecule has 0 aliphatic carbocycles. The van der Waals surface area contributed by atoms with Crippen LogP contribution in [0.25, 0.3) is 0 Å². The van der Waals surface area contributed by atoms with E-state index in [4.69, 9.17) is 5.11 Å². The minimum Gasteiger partial charge on any atom is -0.396 e. The fourth-order valence-electron chi connectivity index (χ4n) is 1.73. The van der Waals surface area contributed by atoms with Crippen molar-refractivity contribution in [3.63, 3.8) is 0 Å². The molecule has 0 atom stereocenters. The van der Waals surface area contributed by atoms with E-state index in [-0.39, 0.29) is 25.0 Å². The molecular formula is C10H12F3N3O2. The maximum Gasteiger partial charge on any atom is 0.435 e. The molecule has 0 saturated carbocycles. The highest BCUT2D eigenvalue weighted by Crippen LogP contribution is 2.27. The summed E-state index contributed by atoms with van der Waals surface area (Å²) in [6, 6.07) is 0.833. The Morgan fingerprint density at radius 2 is 2.17 bits per heavy atom. The average Bonchev–Trinajstić information content (AvgIpc) is 2.63. The van der Waals surface area contributed by atoms with Crippen LogP contribution in [0.15, 0.2) is 12.3 Å². The lowest BCUT2D eigenvalue weighted by molar-refractivity contribution is -0.143. The normalized spacial score (nSPS) is 16.8. The highest BCUT2D eigenvalue weighted by atomic mass is 19.4. The predicted molar refractivity (Wildman–Crippen MR) is 54.4 cm³/mol. The second-order valence-electron chi connectivity index (χ2n) is 4.24. The highest BCUT2D eigenvalue weighted by Gasteiger charge is 2.34. The molecule has 2 rings (SSSR count). The van der Waals surface area contributed by atoms with E-state index in [1.807, 2.05) is 0 Å². The Morgan fingerprint density at radius 3 is 2.67 bits per heavy atom. The molecule has 0 spiro atoms. The van der Waals surface area contributed by atoms with Crippen LogP contribution in [0.4, 0.5) is 13.2 Å². The molecule has 1 saturated heterocycles. The molecule has 1 amide bonds. The van der Waals surface area contributed by atoms with Gasteiger partial charge in [-0.25, -0.2) is 0 Å². The largest absolute Gasteiger partial charge is 0.435 e. The molecule has 1 aliphatic rings. The van der Waals surface area contributed by atoms with Crippen molar-refractivity contribution in [1.29, 1.82) is 0 Å². The van der Waals surface area contributed by atoms with Gasteiger partial charge in [0.25, 0.3) is 0 Å². The number of likely N-dealkylation sites (tertiary alicyclic amines) is 1. The molecule has 8 heteroatoms. The van der Waals surface area contributed by atoms with Gasteiger partial charge < -0.3 is 10.0 Å². The summed E-state index contributed by atoms with van der Waals surface area (Å²) in [6.45, 7) is 0.698. The molecule has 0 aromatic carbocycles. The van der Waals surface area contributed by atoms with Crippen LogP contribution in [0, 0.1) is 5.92 Å². The van der Waals surface area contributed by atoms with Crippen LogP contribution in [0.1, 0.15) is 5.69 Å². The first-order valence-corrected chi connectivity index (χ1v) is 5.39. The lowest BCUT2D eigenvalue weighted by Crippen LogP contribution is -2.52. The fraction of sp³-hybridized carbons (Fsp3) is 0.600. The zero-order valence-electron chi connectivity index (χ0n) is 9.39. The van der Waals surface area contributed by atoms with Crippen molar-refractivity contribution in [2.75, 3.05) is 19.7 Å². The third-order valence-corrected chi connectivity index (χ3v) is 2.80. The van der Waals surface area contributed by atoms with Crippen molar-refractivity contribution in [2.24, 2.45) is 5.92 Å². The van der Waals surface area contributed by atoms with Gasteiger partial charge in [0.1, 0.15) is 6.54 Å². The number of aliphatic hydroxyl groups excluding tert-OH is 1. The summed E-state index contributed by atoms with van der Waals surface area (Å²) >= 11 is 0. The van der Waals surface area contributed by atoms with Gasteiger partial charge in [-0.3, -0.25) is 9.48 Å². The van der Waals surface area contributed by atoms with Gasteiger partial charge in [0, 0.05) is 31.8 Å². The van der Waals surface area contributed by atoms with Gasteiger partial charge in [-0.2, -0.15) is 18.3 Å². The number of nitrogens with zero attached hydrogens (tertiary/aromatic N) is 3. The summed E-state index contributed by atoms with van der Waals surface area (Å²) in [5, 5.41) is 12.1. The Balaban J connectivity index is 1.90. The third kappa shape index (κ3) is 2.63. The number of carbonyl (C=O) groups is 1. The summed E-state index contributed by atoms with van der Waals surface area (Å²) in [5.41, 5.74) is -1.01. The standard InChI is InChI=1S/C10H12F3N3O2/c11-10(12,13)8-1-2-16(14-8)5-9(18)15-3-7(4-15)6-17/h1-2,7,17H,3-6H2. The highest BCUT2D eigenvalue weighted by molar-refractivity contribution is 5.76. The molecular weight excluding hydrogens is 251 g/mol. The Kier molecular flexibility index (Phi) is 3.29. The molecule has 2 heterocycles. The Hall–Kier alpha value is -1.57. The van der Waals surface area contributed by atoms with Gasteiger partial charge in [-0.1, -0.05) is 0 Å². The van der Waals surface area contributed by atoms with Crippen molar-refractivity contribution in [3.8, 4) is 0 Å². The maximum absolute atomic E-state index is 12.3. The first kappa shape index (κ1) is 12.9. The van der Waals surface area contributed by atoms with Crippen molar-refractivity contribution >= 4 is 5.91 Å². The fourth-order valence-corrected chi connectivity index (χ4v) is 1.73. The van der Waals surface area contributed by atoms with Crippen LogP contribution in [-0.4, -0.2) is 45.4 Å². The molecule has 0 bridgehead atoms. The van der Waals surface area contributed by atoms with Crippen molar-refractivity contribution < 1.29 is 23.1 Å². The van der Waals surface area contributed by atoms with Gasteiger partial charge in [0.15, 0.2) is 5.69 Å². The number of amides is 1. The van der Waals surface area contributed by atoms with Crippen LogP contribution >= 0.6 is 0 Å². The van der Waals surface area contributed by atoms with E-state index in [1.54, 1.807) is 0 Å². The Labute approximate surface area is 101 Å². The SMILES string of the molecule is O=C(Cn1ccc(C(F)(F)F)n1)N1CC(CO)C1. The second kappa shape index (κ2) is 4.60. The molecule has 1 fully saturated rings. The number of aromatic nitrogens is 2. The van der Waals surface area contributed by atoms with Crippen molar-refractivity contribution in [2.45, 2.75) is 12.7 Å². The zero-order chi connectivity index (χ0) is 13.3. The first-order chi connectivity index (χ1) is 8.40. The molecule has 100 valence electrons. The zero-order valence-corrected chi connectivity index (χ0v) is 9.39. The van der Waals surface area contributed by atoms with Crippen LogP contribution < -0.4 is 0 Å². The number of halogens is 3. The van der Waals surface area contributed by atoms with Crippen molar-refractivity contribution in [1.82, 2.24) is 14.7 Å². The summed E-state index contributed by atoms with van der Waals surface area (Å²) < 4.78 is 37.8. The van der Waals surface area contributed by atoms with E-state index in [1.165, 1.54) is 4.90 Å². The van der Waals surface area contributed by atoms with Crippen LogP contribution in [0.3, 0.4) is 0 Å². The van der Waals surface area contributed by atoms with Gasteiger partial charge in [-0.15, -0.1) is 0 Å². The monoisotopic (exact) mass is 263 g/mol. The van der Waals surface area contributed by atoms with Crippen LogP contribution in [0.2, 0.25) is 0 Å². The van der Waals surface area contributed by atoms with E-state index in [9.17, 15) is 18.0 Å². The number of aliphatic hydroxyl groups is 1. The molecule has 1 aromatic heterocycles. The molecule has 18 heavy (non-hydrogen) atoms. The van der Waals surface area contributed by atoms with Gasteiger partial charge in [0.2, 0.25) is 5.91 Å². The molecule has 1 aromatic rings. The van der Waals surface area contributed by atoms with Gasteiger partial charge in [0.05, 0.1) is 0 Å². The maximum atomic E-state index is 12.3. The Bertz CT molecular complexity index is 438. The summed E-state index contributed by atoms with van der Waals surface area (Å²) in [4.78, 5) is 13.1. The van der Waals surface area contributed by atoms with Crippen molar-refractivity contribution in [3.05, 3.63) is 18.0 Å². The molecule has 0 unspecified atom stereocenters. The second-order valence-corrected chi connectivity index (χ2v) is 4.24. The summed E-state index contributed by atoms with van der Waals surface area (Å²) in [7, 11) is 0. The van der Waals surface area contributed by atoms with E-state index >= 15 is 0 Å². The lowest BCUT2D eigenvalue weighted by atomic mass is 10.0.